The molecule has 1 rings (SSSR count). The maximum absolute atomic E-state index is 11.8. The van der Waals surface area contributed by atoms with Gasteiger partial charge in [0.15, 0.2) is 5.60 Å². The van der Waals surface area contributed by atoms with Gasteiger partial charge < -0.3 is 14.2 Å². The van der Waals surface area contributed by atoms with Crippen molar-refractivity contribution in [3.05, 3.63) is 0 Å². The lowest BCUT2D eigenvalue weighted by Crippen LogP contribution is -2.43. The Morgan fingerprint density at radius 1 is 1.29 bits per heavy atom. The van der Waals surface area contributed by atoms with Crippen LogP contribution in [0.15, 0.2) is 0 Å². The van der Waals surface area contributed by atoms with Crippen LogP contribution in [-0.2, 0) is 23.8 Å². The number of esters is 2. The second-order valence-corrected chi connectivity index (χ2v) is 4.17. The lowest BCUT2D eigenvalue weighted by atomic mass is 9.86. The highest BCUT2D eigenvalue weighted by Gasteiger charge is 2.48. The van der Waals surface area contributed by atoms with Crippen LogP contribution in [0, 0.1) is 5.92 Å². The Morgan fingerprint density at radius 2 is 1.94 bits per heavy atom. The van der Waals surface area contributed by atoms with E-state index in [-0.39, 0.29) is 18.3 Å². The highest BCUT2D eigenvalue weighted by Crippen LogP contribution is 2.35. The SMILES string of the molecule is CCOC(=O)C[C@H]1CCO[C@]1(C)C(=O)OCC. The van der Waals surface area contributed by atoms with E-state index in [1.165, 1.54) is 0 Å². The first kappa shape index (κ1) is 14.0. The van der Waals surface area contributed by atoms with Crippen LogP contribution in [-0.4, -0.2) is 37.4 Å². The monoisotopic (exact) mass is 244 g/mol. The molecule has 0 amide bonds. The largest absolute Gasteiger partial charge is 0.466 e. The third-order valence-electron chi connectivity index (χ3n) is 3.05. The van der Waals surface area contributed by atoms with Crippen molar-refractivity contribution < 1.29 is 23.8 Å². The van der Waals surface area contributed by atoms with E-state index in [2.05, 4.69) is 0 Å². The Balaban J connectivity index is 2.64. The minimum absolute atomic E-state index is 0.166. The molecule has 1 heterocycles. The summed E-state index contributed by atoms with van der Waals surface area (Å²) in [6, 6.07) is 0. The Morgan fingerprint density at radius 3 is 2.53 bits per heavy atom. The third kappa shape index (κ3) is 3.19. The fourth-order valence-electron chi connectivity index (χ4n) is 2.02. The third-order valence-corrected chi connectivity index (χ3v) is 3.05. The number of carbonyl (C=O) groups excluding carboxylic acids is 2. The van der Waals surface area contributed by atoms with Crippen molar-refractivity contribution in [2.45, 2.75) is 39.2 Å². The Bertz CT molecular complexity index is 289. The predicted octanol–water partition coefficient (Wildman–Crippen LogP) is 1.30. The maximum Gasteiger partial charge on any atom is 0.338 e. The molecule has 5 heteroatoms. The number of carbonyl (C=O) groups is 2. The van der Waals surface area contributed by atoms with Crippen LogP contribution in [0.1, 0.15) is 33.6 Å². The number of ether oxygens (including phenoxy) is 3. The van der Waals surface area contributed by atoms with E-state index in [1.807, 2.05) is 0 Å². The van der Waals surface area contributed by atoms with E-state index < -0.39 is 11.6 Å². The quantitative estimate of drug-likeness (QED) is 0.682. The van der Waals surface area contributed by atoms with Gasteiger partial charge in [-0.15, -0.1) is 0 Å². The average molecular weight is 244 g/mol. The van der Waals surface area contributed by atoms with Crippen LogP contribution in [0.2, 0.25) is 0 Å². The van der Waals surface area contributed by atoms with E-state index in [0.29, 0.717) is 26.2 Å². The molecule has 0 aromatic heterocycles. The molecule has 5 nitrogen and oxygen atoms in total. The van der Waals surface area contributed by atoms with Gasteiger partial charge in [0, 0.05) is 12.5 Å². The van der Waals surface area contributed by atoms with E-state index in [0.717, 1.165) is 0 Å². The molecular formula is C12H20O5. The van der Waals surface area contributed by atoms with Gasteiger partial charge in [-0.3, -0.25) is 4.79 Å². The smallest absolute Gasteiger partial charge is 0.338 e. The first-order chi connectivity index (χ1) is 8.04. The zero-order chi connectivity index (χ0) is 12.9. The topological polar surface area (TPSA) is 61.8 Å². The molecular weight excluding hydrogens is 224 g/mol. The lowest BCUT2D eigenvalue weighted by molar-refractivity contribution is -0.169. The van der Waals surface area contributed by atoms with Crippen LogP contribution in [0.4, 0.5) is 0 Å². The van der Waals surface area contributed by atoms with E-state index in [1.54, 1.807) is 20.8 Å². The summed E-state index contributed by atoms with van der Waals surface area (Å²) in [4.78, 5) is 23.3. The van der Waals surface area contributed by atoms with Crippen molar-refractivity contribution in [3.63, 3.8) is 0 Å². The average Bonchev–Trinajstić information content (AvgIpc) is 2.62. The van der Waals surface area contributed by atoms with Gasteiger partial charge in [-0.2, -0.15) is 0 Å². The maximum atomic E-state index is 11.8. The summed E-state index contributed by atoms with van der Waals surface area (Å²) in [5.41, 5.74) is -1.01. The minimum Gasteiger partial charge on any atom is -0.466 e. The lowest BCUT2D eigenvalue weighted by Gasteiger charge is -2.27. The summed E-state index contributed by atoms with van der Waals surface area (Å²) < 4.78 is 15.3. The predicted molar refractivity (Wildman–Crippen MR) is 60.3 cm³/mol. The Labute approximate surface area is 101 Å². The molecule has 17 heavy (non-hydrogen) atoms. The fourth-order valence-corrected chi connectivity index (χ4v) is 2.02. The van der Waals surface area contributed by atoms with Gasteiger partial charge in [-0.1, -0.05) is 0 Å². The molecule has 0 radical (unpaired) electrons. The fraction of sp³-hybridized carbons (Fsp3) is 0.833. The summed E-state index contributed by atoms with van der Waals surface area (Å²) in [5, 5.41) is 0. The Hall–Kier alpha value is -1.10. The molecule has 0 bridgehead atoms. The van der Waals surface area contributed by atoms with Crippen LogP contribution in [0.3, 0.4) is 0 Å². The molecule has 98 valence electrons. The molecule has 0 saturated carbocycles. The van der Waals surface area contributed by atoms with E-state index in [4.69, 9.17) is 14.2 Å². The van der Waals surface area contributed by atoms with Crippen LogP contribution in [0.5, 0.6) is 0 Å². The highest BCUT2D eigenvalue weighted by molar-refractivity contribution is 5.81. The zero-order valence-corrected chi connectivity index (χ0v) is 10.7. The molecule has 1 aliphatic heterocycles. The van der Waals surface area contributed by atoms with Crippen LogP contribution in [0.25, 0.3) is 0 Å². The van der Waals surface area contributed by atoms with Gasteiger partial charge in [0.1, 0.15) is 0 Å². The molecule has 1 aliphatic rings. The van der Waals surface area contributed by atoms with Gasteiger partial charge in [0.05, 0.1) is 19.6 Å². The summed E-state index contributed by atoms with van der Waals surface area (Å²) in [5.74, 6) is -0.856. The van der Waals surface area contributed by atoms with Crippen molar-refractivity contribution in [2.24, 2.45) is 5.92 Å². The molecule has 1 fully saturated rings. The first-order valence-electron chi connectivity index (χ1n) is 6.01. The summed E-state index contributed by atoms with van der Waals surface area (Å²) in [6.07, 6.45) is 0.872. The van der Waals surface area contributed by atoms with Gasteiger partial charge >= 0.3 is 11.9 Å². The zero-order valence-electron chi connectivity index (χ0n) is 10.7. The van der Waals surface area contributed by atoms with E-state index >= 15 is 0 Å². The second kappa shape index (κ2) is 6.00. The molecule has 0 unspecified atom stereocenters. The molecule has 1 saturated heterocycles. The molecule has 0 aromatic rings. The van der Waals surface area contributed by atoms with Gasteiger partial charge in [-0.05, 0) is 27.2 Å². The van der Waals surface area contributed by atoms with Crippen LogP contribution < -0.4 is 0 Å². The van der Waals surface area contributed by atoms with Gasteiger partial charge in [0.25, 0.3) is 0 Å². The number of hydrogen-bond acceptors (Lipinski definition) is 5. The highest BCUT2D eigenvalue weighted by atomic mass is 16.6. The number of rotatable bonds is 5. The van der Waals surface area contributed by atoms with Crippen molar-refractivity contribution in [1.82, 2.24) is 0 Å². The minimum atomic E-state index is -1.01. The van der Waals surface area contributed by atoms with Gasteiger partial charge in [-0.25, -0.2) is 4.79 Å². The molecule has 0 aliphatic carbocycles. The van der Waals surface area contributed by atoms with Gasteiger partial charge in [0.2, 0.25) is 0 Å². The standard InChI is InChI=1S/C12H20O5/c1-4-15-10(13)8-9-6-7-17-12(9,3)11(14)16-5-2/h9H,4-8H2,1-3H3/t9-,12+/m1/s1. The number of hydrogen-bond donors (Lipinski definition) is 0. The van der Waals surface area contributed by atoms with Crippen molar-refractivity contribution >= 4 is 11.9 Å². The van der Waals surface area contributed by atoms with Crippen molar-refractivity contribution in [2.75, 3.05) is 19.8 Å². The van der Waals surface area contributed by atoms with Crippen LogP contribution >= 0.6 is 0 Å². The summed E-state index contributed by atoms with van der Waals surface area (Å²) in [6.45, 7) is 6.32. The molecule has 2 atom stereocenters. The summed E-state index contributed by atoms with van der Waals surface area (Å²) >= 11 is 0. The van der Waals surface area contributed by atoms with Crippen molar-refractivity contribution in [1.29, 1.82) is 0 Å². The second-order valence-electron chi connectivity index (χ2n) is 4.17. The molecule has 0 spiro atoms. The van der Waals surface area contributed by atoms with Crippen molar-refractivity contribution in [3.8, 4) is 0 Å². The van der Waals surface area contributed by atoms with E-state index in [9.17, 15) is 9.59 Å². The normalized spacial score (nSPS) is 27.8. The summed E-state index contributed by atoms with van der Waals surface area (Å²) in [7, 11) is 0. The molecule has 0 N–H and O–H groups in total. The molecule has 0 aromatic carbocycles. The first-order valence-corrected chi connectivity index (χ1v) is 6.01. The Kier molecular flexibility index (Phi) is 4.93.